The number of β-amino-alcohol motifs (C(OH)–C–C–N with tert-alkyl or cyclic N) is 1. The lowest BCUT2D eigenvalue weighted by molar-refractivity contribution is -0.119. The molecule has 10 heterocycles. The van der Waals surface area contributed by atoms with Crippen LogP contribution in [0, 0.1) is 5.92 Å². The lowest BCUT2D eigenvalue weighted by Gasteiger charge is -2.45. The smallest absolute Gasteiger partial charge is 0.216 e. The molecule has 19 rings (SSSR count). The van der Waals surface area contributed by atoms with Crippen LogP contribution in [0.4, 0.5) is 17.5 Å². The number of amides is 2. The van der Waals surface area contributed by atoms with E-state index in [1.807, 2.05) is 83.7 Å². The zero-order valence-corrected chi connectivity index (χ0v) is 63.6. The largest absolute Gasteiger partial charge is 0.390 e. The first-order valence-corrected chi connectivity index (χ1v) is 39.5. The molecule has 3 saturated carbocycles. The summed E-state index contributed by atoms with van der Waals surface area (Å²) in [5, 5.41) is 31.2. The van der Waals surface area contributed by atoms with Crippen LogP contribution in [0.15, 0.2) is 219 Å². The Morgan fingerprint density at radius 2 is 0.805 bits per heavy atom. The molecule has 1 saturated heterocycles. The van der Waals surface area contributed by atoms with Gasteiger partial charge in [0.05, 0.1) is 44.8 Å². The number of carbonyl (C=O) groups excluding carboxylic acids is 2. The van der Waals surface area contributed by atoms with Crippen molar-refractivity contribution < 1.29 is 19.8 Å². The van der Waals surface area contributed by atoms with Gasteiger partial charge in [0.25, 0.3) is 0 Å². The fourth-order valence-electron chi connectivity index (χ4n) is 17.4. The van der Waals surface area contributed by atoms with Gasteiger partial charge in [-0.2, -0.15) is 0 Å². The summed E-state index contributed by atoms with van der Waals surface area (Å²) in [6, 6.07) is 61.8. The van der Waals surface area contributed by atoms with Crippen LogP contribution < -0.4 is 27.8 Å². The molecule has 0 bridgehead atoms. The van der Waals surface area contributed by atoms with Gasteiger partial charge in [-0.05, 0) is 139 Å². The zero-order valence-electron chi connectivity index (χ0n) is 63.6. The Labute approximate surface area is 654 Å². The second-order valence-corrected chi connectivity index (χ2v) is 31.2. The molecule has 570 valence electrons. The van der Waals surface area contributed by atoms with Crippen molar-refractivity contribution in [2.75, 3.05) is 49.9 Å². The predicted octanol–water partition coefficient (Wildman–Crippen LogP) is 15.6. The van der Waals surface area contributed by atoms with E-state index >= 15 is 0 Å². The number of imidazole rings is 3. The molecule has 0 unspecified atom stereocenters. The van der Waals surface area contributed by atoms with Crippen LogP contribution in [-0.2, 0) is 9.59 Å². The van der Waals surface area contributed by atoms with Gasteiger partial charge in [-0.15, -0.1) is 0 Å². The van der Waals surface area contributed by atoms with E-state index in [2.05, 4.69) is 161 Å². The van der Waals surface area contributed by atoms with Crippen molar-refractivity contribution in [3.05, 3.63) is 237 Å². The molecule has 2 amide bonds. The summed E-state index contributed by atoms with van der Waals surface area (Å²) in [7, 11) is 0. The molecular weight excluding hydrogens is 1410 g/mol. The number of fused-ring (bicyclic) bond motifs is 6. The number of unbranched alkanes of at least 4 members (excludes halogenated alkanes) is 1. The number of carbonyl (C=O) groups is 2. The van der Waals surface area contributed by atoms with Crippen LogP contribution in [0.5, 0.6) is 0 Å². The first-order chi connectivity index (χ1) is 55.0. The molecule has 3 aliphatic carbocycles. The number of nitrogens with two attached hydrogens (primary N) is 3. The topological polar surface area (TPSA) is 309 Å². The summed E-state index contributed by atoms with van der Waals surface area (Å²) >= 11 is 0. The Bertz CT molecular complexity index is 6000. The highest BCUT2D eigenvalue weighted by molar-refractivity contribution is 5.95. The van der Waals surface area contributed by atoms with Crippen molar-refractivity contribution in [2.45, 2.75) is 126 Å². The number of rotatable bonds is 18. The first-order valence-electron chi connectivity index (χ1n) is 39.5. The van der Waals surface area contributed by atoms with Crippen LogP contribution in [0.1, 0.15) is 133 Å². The van der Waals surface area contributed by atoms with Crippen molar-refractivity contribution in [2.24, 2.45) is 5.92 Å². The Balaban J connectivity index is 0.000000123. The third kappa shape index (κ3) is 15.5. The average molecular weight is 1500 g/mol. The summed E-state index contributed by atoms with van der Waals surface area (Å²) in [5.74, 6) is 5.38. The van der Waals surface area contributed by atoms with Crippen molar-refractivity contribution in [3.63, 3.8) is 0 Å². The van der Waals surface area contributed by atoms with Crippen LogP contribution in [0.2, 0.25) is 0 Å². The minimum absolute atomic E-state index is 0.0213. The van der Waals surface area contributed by atoms with E-state index < -0.39 is 11.2 Å². The van der Waals surface area contributed by atoms with Gasteiger partial charge in [-0.25, -0.2) is 44.9 Å². The van der Waals surface area contributed by atoms with Gasteiger partial charge >= 0.3 is 0 Å². The van der Waals surface area contributed by atoms with Crippen molar-refractivity contribution >= 4 is 78.5 Å². The van der Waals surface area contributed by atoms with Gasteiger partial charge in [-0.1, -0.05) is 146 Å². The molecule has 0 radical (unpaired) electrons. The lowest BCUT2D eigenvalue weighted by atomic mass is 9.68. The Morgan fingerprint density at radius 1 is 0.434 bits per heavy atom. The minimum atomic E-state index is -0.702. The van der Waals surface area contributed by atoms with Crippen LogP contribution in [-0.4, -0.2) is 129 Å². The number of likely N-dealkylation sites (tertiary alicyclic amines) is 1. The van der Waals surface area contributed by atoms with E-state index in [-0.39, 0.29) is 23.7 Å². The molecule has 1 aliphatic heterocycles. The van der Waals surface area contributed by atoms with Gasteiger partial charge in [0.1, 0.15) is 68.6 Å². The fraction of sp³-hybridized carbons (Fsp3) is 0.286. The highest BCUT2D eigenvalue weighted by Gasteiger charge is 2.47. The molecule has 10 N–H and O–H groups in total. The number of nitrogens with one attached hydrogen (secondary N) is 2. The normalized spacial score (nSPS) is 19.5. The standard InChI is InChI=1S/C31H32N6O2.2C30H30N6O/c1-20(38)33-14-6-5-13-31(39)18-24(19-31)30-36-27(28-29(32)34-15-16-37(28)30)23-10-9-22-11-12-25(35-26(22)17-23)21-7-3-2-4-8-21;31-28-27-26(22-9-8-21-10-11-24(33-25(21)16-22)20-6-2-1-3-7-20)34-29(36(27)15-12-32-28)23-17-30(37,18-23)19-35-13-4-5-14-35;1-19(37)33-18-20-7-9-23(10-8-20)30-35-27(28-29(31)32-15-16-36(28)30)24-12-11-22-13-14-25(34-26(22)17-24)21-5-3-2-4-6-21/h2-4,7-12,15-17,24,39H,5-6,13-14,18-19H2,1H3,(H2,32,34)(H,33,38);1-3,6-12,15-16,23,37H,4-5,13-14,17-19H2,(H2,31,32);2-6,11-17,20,23H,7-10,18H2,1H3,(H2,31,32)(H,33,37). The maximum absolute atomic E-state index is 11.3. The SMILES string of the molecule is CC(=O)NCC1CCC(c2nc(-c3ccc4ccc(-c5ccccc5)nc4c3)c3c(N)nccn23)CC1.CC(=O)NCCCCC1(O)CC(c2nc(-c3ccc4ccc(-c5ccccc5)nc4c3)c3c(N)nccn23)C1.Nc1nccn2c(C3CC(O)(CN4CCCC4)C3)nc(-c3ccc4ccc(-c5ccccc5)nc4c3)c12. The number of aliphatic hydroxyl groups is 2. The molecule has 9 aromatic heterocycles. The van der Waals surface area contributed by atoms with Gasteiger partial charge < -0.3 is 42.9 Å². The third-order valence-electron chi connectivity index (χ3n) is 23.2. The van der Waals surface area contributed by atoms with E-state index in [1.54, 1.807) is 25.5 Å². The summed E-state index contributed by atoms with van der Waals surface area (Å²) in [6.45, 7) is 7.42. The average Bonchev–Trinajstić information content (AvgIpc) is 1.61. The summed E-state index contributed by atoms with van der Waals surface area (Å²) in [4.78, 5) is 68.1. The molecule has 4 aliphatic rings. The van der Waals surface area contributed by atoms with Crippen molar-refractivity contribution in [3.8, 4) is 67.5 Å². The van der Waals surface area contributed by atoms with E-state index in [1.165, 1.54) is 19.8 Å². The third-order valence-corrected chi connectivity index (χ3v) is 23.2. The maximum Gasteiger partial charge on any atom is 0.216 e. The van der Waals surface area contributed by atoms with E-state index in [4.69, 9.17) is 47.1 Å². The molecule has 15 aromatic rings. The number of nitrogen functional groups attached to an aromatic ring is 3. The lowest BCUT2D eigenvalue weighted by Crippen LogP contribution is -2.51. The second kappa shape index (κ2) is 31.4. The zero-order chi connectivity index (χ0) is 77.3. The molecule has 22 nitrogen and oxygen atoms in total. The maximum atomic E-state index is 11.3. The van der Waals surface area contributed by atoms with Gasteiger partial charge in [0.15, 0.2) is 0 Å². The van der Waals surface area contributed by atoms with Crippen LogP contribution in [0.3, 0.4) is 0 Å². The Kier molecular flexibility index (Phi) is 20.4. The number of benzene rings is 6. The Morgan fingerprint density at radius 3 is 1.19 bits per heavy atom. The van der Waals surface area contributed by atoms with Crippen molar-refractivity contribution in [1.29, 1.82) is 0 Å². The number of pyridine rings is 3. The molecule has 4 fully saturated rings. The highest BCUT2D eigenvalue weighted by atomic mass is 16.3. The van der Waals surface area contributed by atoms with E-state index in [0.29, 0.717) is 67.9 Å². The number of hydrogen-bond donors (Lipinski definition) is 7. The number of aromatic nitrogens is 12. The quantitative estimate of drug-likeness (QED) is 0.0393. The first kappa shape index (κ1) is 73.4. The van der Waals surface area contributed by atoms with Crippen LogP contribution in [0.25, 0.3) is 117 Å². The van der Waals surface area contributed by atoms with Crippen molar-refractivity contribution in [1.82, 2.24) is 73.6 Å². The van der Waals surface area contributed by atoms with Gasteiger partial charge in [0.2, 0.25) is 11.8 Å². The summed E-state index contributed by atoms with van der Waals surface area (Å²) < 4.78 is 6.21. The Hall–Kier alpha value is -12.4. The van der Waals surface area contributed by atoms with E-state index in [9.17, 15) is 19.8 Å². The number of nitrogens with zero attached hydrogens (tertiary/aromatic N) is 13. The second-order valence-electron chi connectivity index (χ2n) is 31.2. The molecule has 0 atom stereocenters. The molecular formula is C91H92N18O4. The fourth-order valence-corrected chi connectivity index (χ4v) is 17.4. The molecule has 113 heavy (non-hydrogen) atoms. The number of anilines is 3. The van der Waals surface area contributed by atoms with Gasteiger partial charge in [-0.3, -0.25) is 22.8 Å². The van der Waals surface area contributed by atoms with Gasteiger partial charge in [0, 0.05) is 138 Å². The summed E-state index contributed by atoms with van der Waals surface area (Å²) in [5.41, 5.74) is 34.3. The minimum Gasteiger partial charge on any atom is -0.390 e. The molecule has 6 aromatic carbocycles. The molecule has 0 spiro atoms. The highest BCUT2D eigenvalue weighted by Crippen LogP contribution is 2.50. The predicted molar refractivity (Wildman–Crippen MR) is 446 cm³/mol. The summed E-state index contributed by atoms with van der Waals surface area (Å²) in [6.07, 6.45) is 22.8. The van der Waals surface area contributed by atoms with E-state index in [0.717, 1.165) is 199 Å². The molecule has 22 heteroatoms. The number of hydrogen-bond acceptors (Lipinski definition) is 17. The van der Waals surface area contributed by atoms with Crippen LogP contribution >= 0.6 is 0 Å². The monoisotopic (exact) mass is 1500 g/mol.